The van der Waals surface area contributed by atoms with E-state index in [-0.39, 0.29) is 0 Å². The number of benzene rings is 2. The lowest BCUT2D eigenvalue weighted by Gasteiger charge is -2.05. The van der Waals surface area contributed by atoms with E-state index in [1.165, 1.54) is 17.7 Å². The van der Waals surface area contributed by atoms with Crippen LogP contribution in [-0.4, -0.2) is 0 Å². The van der Waals surface area contributed by atoms with E-state index in [4.69, 9.17) is 15.3 Å². The molecule has 0 spiro atoms. The van der Waals surface area contributed by atoms with Gasteiger partial charge in [-0.25, -0.2) is 0 Å². The van der Waals surface area contributed by atoms with Crippen LogP contribution in [0.25, 0.3) is 0 Å². The van der Waals surface area contributed by atoms with E-state index in [9.17, 15) is 0 Å². The van der Waals surface area contributed by atoms with E-state index in [0.29, 0.717) is 6.61 Å². The average Bonchev–Trinajstić information content (AvgIpc) is 2.47. The molecule has 0 N–H and O–H groups in total. The zero-order chi connectivity index (χ0) is 13.1. The van der Waals surface area contributed by atoms with Crippen LogP contribution in [0.2, 0.25) is 0 Å². The van der Waals surface area contributed by atoms with E-state index in [0.717, 1.165) is 5.75 Å². The molecule has 2 aromatic carbocycles. The molecular formula is C15H12N2O. The zero-order valence-corrected chi connectivity index (χ0v) is 9.78. The van der Waals surface area contributed by atoms with Crippen molar-refractivity contribution in [2.24, 2.45) is 0 Å². The fourth-order valence-corrected chi connectivity index (χ4v) is 1.26. The van der Waals surface area contributed by atoms with Gasteiger partial charge in [0.05, 0.1) is 0 Å². The standard InChI is InChI=1S/C13H12O.C2N2/c1-3-7-12(8-4-1)11-14-13-9-5-2-6-10-13;3-1-2-4/h1-10H,11H2;. The molecular weight excluding hydrogens is 224 g/mol. The molecule has 2 aromatic rings. The molecule has 0 atom stereocenters. The molecule has 2 rings (SSSR count). The third kappa shape index (κ3) is 5.34. The van der Waals surface area contributed by atoms with Crippen molar-refractivity contribution in [2.45, 2.75) is 6.61 Å². The van der Waals surface area contributed by atoms with Crippen molar-refractivity contribution in [1.29, 1.82) is 10.5 Å². The van der Waals surface area contributed by atoms with E-state index >= 15 is 0 Å². The van der Waals surface area contributed by atoms with Crippen molar-refractivity contribution in [3.8, 4) is 17.9 Å². The molecule has 18 heavy (non-hydrogen) atoms. The Bertz CT molecular complexity index is 472. The van der Waals surface area contributed by atoms with Gasteiger partial charge >= 0.3 is 0 Å². The number of nitriles is 2. The van der Waals surface area contributed by atoms with Gasteiger partial charge in [-0.05, 0) is 17.7 Å². The van der Waals surface area contributed by atoms with Crippen molar-refractivity contribution in [2.75, 3.05) is 0 Å². The number of ether oxygens (including phenoxy) is 1. The summed E-state index contributed by atoms with van der Waals surface area (Å²) in [7, 11) is 0. The Morgan fingerprint density at radius 3 is 1.78 bits per heavy atom. The van der Waals surface area contributed by atoms with Gasteiger partial charge in [-0.1, -0.05) is 48.5 Å². The summed E-state index contributed by atoms with van der Waals surface area (Å²) >= 11 is 0. The molecule has 0 amide bonds. The summed E-state index contributed by atoms with van der Waals surface area (Å²) in [5, 5.41) is 14.5. The van der Waals surface area contributed by atoms with Crippen LogP contribution in [0.3, 0.4) is 0 Å². The van der Waals surface area contributed by atoms with E-state index in [2.05, 4.69) is 12.1 Å². The maximum absolute atomic E-state index is 7.26. The second kappa shape index (κ2) is 8.38. The van der Waals surface area contributed by atoms with E-state index in [1.54, 1.807) is 0 Å². The zero-order valence-electron chi connectivity index (χ0n) is 9.78. The van der Waals surface area contributed by atoms with Crippen LogP contribution in [0, 0.1) is 22.7 Å². The van der Waals surface area contributed by atoms with Gasteiger partial charge in [0.25, 0.3) is 0 Å². The highest BCUT2D eigenvalue weighted by molar-refractivity contribution is 5.22. The summed E-state index contributed by atoms with van der Waals surface area (Å²) in [6.45, 7) is 0.630. The van der Waals surface area contributed by atoms with Crippen LogP contribution in [-0.2, 0) is 6.61 Å². The predicted molar refractivity (Wildman–Crippen MR) is 68.4 cm³/mol. The average molecular weight is 236 g/mol. The molecule has 0 saturated carbocycles. The van der Waals surface area contributed by atoms with Crippen molar-refractivity contribution in [1.82, 2.24) is 0 Å². The normalized spacial score (nSPS) is 8.11. The van der Waals surface area contributed by atoms with Gasteiger partial charge in [0, 0.05) is 0 Å². The van der Waals surface area contributed by atoms with Gasteiger partial charge in [-0.2, -0.15) is 10.5 Å². The molecule has 0 aliphatic carbocycles. The van der Waals surface area contributed by atoms with Crippen molar-refractivity contribution < 1.29 is 4.74 Å². The number of hydrogen-bond acceptors (Lipinski definition) is 3. The van der Waals surface area contributed by atoms with Gasteiger partial charge in [-0.3, -0.25) is 0 Å². The summed E-state index contributed by atoms with van der Waals surface area (Å²) in [4.78, 5) is 0. The largest absolute Gasteiger partial charge is 0.489 e. The van der Waals surface area contributed by atoms with Gasteiger partial charge < -0.3 is 4.74 Å². The quantitative estimate of drug-likeness (QED) is 0.821. The maximum atomic E-state index is 7.26. The molecule has 3 heteroatoms. The van der Waals surface area contributed by atoms with E-state index in [1.807, 2.05) is 48.5 Å². The lowest BCUT2D eigenvalue weighted by Crippen LogP contribution is -1.94. The van der Waals surface area contributed by atoms with Crippen LogP contribution in [0.1, 0.15) is 5.56 Å². The van der Waals surface area contributed by atoms with Gasteiger partial charge in [0.1, 0.15) is 12.4 Å². The monoisotopic (exact) mass is 236 g/mol. The van der Waals surface area contributed by atoms with E-state index < -0.39 is 0 Å². The Labute approximate surface area is 106 Å². The van der Waals surface area contributed by atoms with Crippen molar-refractivity contribution >= 4 is 0 Å². The second-order valence-electron chi connectivity index (χ2n) is 3.31. The minimum absolute atomic E-state index is 0.630. The smallest absolute Gasteiger partial charge is 0.181 e. The molecule has 0 fully saturated rings. The molecule has 88 valence electrons. The second-order valence-corrected chi connectivity index (χ2v) is 3.31. The summed E-state index contributed by atoms with van der Waals surface area (Å²) in [5.74, 6) is 0.913. The summed E-state index contributed by atoms with van der Waals surface area (Å²) in [6, 6.07) is 22.5. The van der Waals surface area contributed by atoms with Crippen molar-refractivity contribution in [3.05, 3.63) is 66.2 Å². The molecule has 0 heterocycles. The maximum Gasteiger partial charge on any atom is 0.181 e. The third-order valence-electron chi connectivity index (χ3n) is 2.04. The Morgan fingerprint density at radius 2 is 1.28 bits per heavy atom. The number of hydrogen-bond donors (Lipinski definition) is 0. The van der Waals surface area contributed by atoms with Crippen molar-refractivity contribution in [3.63, 3.8) is 0 Å². The van der Waals surface area contributed by atoms with Gasteiger partial charge in [0.15, 0.2) is 12.1 Å². The predicted octanol–water partition coefficient (Wildman–Crippen LogP) is 3.30. The van der Waals surface area contributed by atoms with Crippen LogP contribution in [0.4, 0.5) is 0 Å². The first-order chi connectivity index (χ1) is 8.86. The number of nitrogens with zero attached hydrogens (tertiary/aromatic N) is 2. The lowest BCUT2D eigenvalue weighted by molar-refractivity contribution is 0.306. The SMILES string of the molecule is N#CC#N.c1ccc(COc2ccccc2)cc1. The van der Waals surface area contributed by atoms with Crippen LogP contribution in [0.5, 0.6) is 5.75 Å². The third-order valence-corrected chi connectivity index (χ3v) is 2.04. The first-order valence-corrected chi connectivity index (χ1v) is 5.36. The Balaban J connectivity index is 0.000000357. The molecule has 0 unspecified atom stereocenters. The molecule has 3 nitrogen and oxygen atoms in total. The highest BCUT2D eigenvalue weighted by Crippen LogP contribution is 2.10. The fourth-order valence-electron chi connectivity index (χ4n) is 1.26. The van der Waals surface area contributed by atoms with Crippen LogP contribution >= 0.6 is 0 Å². The Hall–Kier alpha value is -2.78. The summed E-state index contributed by atoms with van der Waals surface area (Å²) in [6.07, 6.45) is 0. The summed E-state index contributed by atoms with van der Waals surface area (Å²) in [5.41, 5.74) is 1.19. The first kappa shape index (κ1) is 13.3. The van der Waals surface area contributed by atoms with Crippen LogP contribution in [0.15, 0.2) is 60.7 Å². The molecule has 0 aliphatic heterocycles. The fraction of sp³-hybridized carbons (Fsp3) is 0.0667. The molecule has 0 bridgehead atoms. The van der Waals surface area contributed by atoms with Gasteiger partial charge in [-0.15, -0.1) is 0 Å². The Kier molecular flexibility index (Phi) is 6.19. The molecule has 0 aliphatic rings. The molecule has 0 aromatic heterocycles. The highest BCUT2D eigenvalue weighted by atomic mass is 16.5. The minimum Gasteiger partial charge on any atom is -0.489 e. The Morgan fingerprint density at radius 1 is 0.778 bits per heavy atom. The topological polar surface area (TPSA) is 56.8 Å². The highest BCUT2D eigenvalue weighted by Gasteiger charge is 1.92. The van der Waals surface area contributed by atoms with Crippen LogP contribution < -0.4 is 4.74 Å². The number of para-hydroxylation sites is 1. The minimum atomic E-state index is 0.630. The molecule has 0 radical (unpaired) electrons. The lowest BCUT2D eigenvalue weighted by atomic mass is 10.2. The first-order valence-electron chi connectivity index (χ1n) is 5.36. The number of rotatable bonds is 3. The summed E-state index contributed by atoms with van der Waals surface area (Å²) < 4.78 is 5.59. The molecule has 0 saturated heterocycles. The van der Waals surface area contributed by atoms with Gasteiger partial charge in [0.2, 0.25) is 0 Å².